The second-order valence-corrected chi connectivity index (χ2v) is 10.2. The van der Waals surface area contributed by atoms with Gasteiger partial charge in [-0.05, 0) is 45.3 Å². The van der Waals surface area contributed by atoms with Gasteiger partial charge in [-0.2, -0.15) is 18.3 Å². The van der Waals surface area contributed by atoms with E-state index in [1.165, 1.54) is 25.5 Å². The van der Waals surface area contributed by atoms with Crippen LogP contribution in [0.25, 0.3) is 0 Å². The molecule has 7 nitrogen and oxygen atoms in total. The molecule has 1 fully saturated rings. The van der Waals surface area contributed by atoms with Crippen molar-refractivity contribution in [2.75, 3.05) is 38.0 Å². The molecule has 3 N–H and O–H groups in total. The minimum Gasteiger partial charge on any atom is -0.363 e. The summed E-state index contributed by atoms with van der Waals surface area (Å²) in [6, 6.07) is 6.59. The minimum atomic E-state index is -4.48. The van der Waals surface area contributed by atoms with Crippen LogP contribution in [-0.2, 0) is 0 Å². The van der Waals surface area contributed by atoms with Gasteiger partial charge in [0.1, 0.15) is 11.4 Å². The number of benzene rings is 1. The molecule has 1 saturated heterocycles. The molecule has 2 aliphatic heterocycles. The lowest BCUT2D eigenvalue weighted by molar-refractivity contribution is -0.173. The summed E-state index contributed by atoms with van der Waals surface area (Å²) in [6.45, 7) is 8.37. The van der Waals surface area contributed by atoms with Gasteiger partial charge in [-0.1, -0.05) is 36.8 Å². The fourth-order valence-electron chi connectivity index (χ4n) is 4.87. The first-order valence-corrected chi connectivity index (χ1v) is 12.4. The van der Waals surface area contributed by atoms with Crippen LogP contribution in [0.5, 0.6) is 0 Å². The van der Waals surface area contributed by atoms with Gasteiger partial charge in [0.15, 0.2) is 6.04 Å². The van der Waals surface area contributed by atoms with Crippen LogP contribution in [0.3, 0.4) is 0 Å². The molecular formula is C25H35F3N6O. The Bertz CT molecular complexity index is 985. The van der Waals surface area contributed by atoms with Crippen molar-refractivity contribution < 1.29 is 18.0 Å². The average molecular weight is 493 g/mol. The van der Waals surface area contributed by atoms with E-state index in [4.69, 9.17) is 0 Å². The zero-order valence-corrected chi connectivity index (χ0v) is 20.4. The minimum absolute atomic E-state index is 0.0961. The lowest BCUT2D eigenvalue weighted by Crippen LogP contribution is -2.51. The number of piperidine rings is 1. The van der Waals surface area contributed by atoms with Crippen molar-refractivity contribution in [3.63, 3.8) is 0 Å². The molecule has 10 heteroatoms. The van der Waals surface area contributed by atoms with E-state index >= 15 is 0 Å². The second-order valence-electron chi connectivity index (χ2n) is 10.2. The van der Waals surface area contributed by atoms with Crippen LogP contribution in [0.1, 0.15) is 67.5 Å². The van der Waals surface area contributed by atoms with E-state index in [1.807, 2.05) is 19.9 Å². The quantitative estimate of drug-likeness (QED) is 0.484. The summed E-state index contributed by atoms with van der Waals surface area (Å²) in [6.07, 6.45) is 0.324. The molecule has 2 aliphatic rings. The van der Waals surface area contributed by atoms with E-state index in [0.717, 1.165) is 36.4 Å². The van der Waals surface area contributed by atoms with Crippen LogP contribution in [-0.4, -0.2) is 65.0 Å². The molecule has 0 spiro atoms. The van der Waals surface area contributed by atoms with Crippen molar-refractivity contribution >= 4 is 11.7 Å². The highest BCUT2D eigenvalue weighted by molar-refractivity contribution is 5.99. The highest BCUT2D eigenvalue weighted by atomic mass is 19.4. The maximum atomic E-state index is 13.9. The van der Waals surface area contributed by atoms with E-state index in [0.29, 0.717) is 6.54 Å². The highest BCUT2D eigenvalue weighted by Crippen LogP contribution is 2.44. The number of anilines is 1. The van der Waals surface area contributed by atoms with Crippen molar-refractivity contribution in [1.29, 1.82) is 0 Å². The van der Waals surface area contributed by atoms with E-state index in [2.05, 4.69) is 25.9 Å². The van der Waals surface area contributed by atoms with Crippen molar-refractivity contribution in [2.24, 2.45) is 0 Å². The molecule has 0 radical (unpaired) electrons. The normalized spacial score (nSPS) is 21.3. The summed E-state index contributed by atoms with van der Waals surface area (Å²) in [5.41, 5.74) is 0.255. The second kappa shape index (κ2) is 10.6. The zero-order valence-electron chi connectivity index (χ0n) is 20.4. The molecule has 0 saturated carbocycles. The number of fused-ring (bicyclic) bond motifs is 1. The number of carbonyl (C=O) groups is 1. The average Bonchev–Trinajstić information content (AvgIpc) is 3.26. The number of nitrogens with one attached hydrogen (secondary N) is 3. The Labute approximate surface area is 204 Å². The third kappa shape index (κ3) is 6.35. The predicted molar refractivity (Wildman–Crippen MR) is 129 cm³/mol. The molecular weight excluding hydrogens is 457 g/mol. The van der Waals surface area contributed by atoms with E-state index in [-0.39, 0.29) is 17.8 Å². The molecule has 1 aromatic heterocycles. The summed E-state index contributed by atoms with van der Waals surface area (Å²) in [5.74, 6) is -0.352. The van der Waals surface area contributed by atoms with Crippen LogP contribution in [0, 0.1) is 0 Å². The Morgan fingerprint density at radius 3 is 2.54 bits per heavy atom. The van der Waals surface area contributed by atoms with Crippen molar-refractivity contribution in [2.45, 2.75) is 63.3 Å². The SMILES string of the molecule is CC(C)(CNCCN1CCCCC1)NC(=O)c1cnn2c1N[C@@H](c1ccccc1)C[C@H]2C(F)(F)F. The zero-order chi connectivity index (χ0) is 25.1. The van der Waals surface area contributed by atoms with Crippen molar-refractivity contribution in [3.05, 3.63) is 47.7 Å². The van der Waals surface area contributed by atoms with Gasteiger partial charge >= 0.3 is 6.18 Å². The molecule has 1 amide bonds. The number of hydrogen-bond donors (Lipinski definition) is 3. The molecule has 3 heterocycles. The first-order chi connectivity index (χ1) is 16.6. The smallest absolute Gasteiger partial charge is 0.363 e. The molecule has 2 atom stereocenters. The maximum Gasteiger partial charge on any atom is 0.410 e. The van der Waals surface area contributed by atoms with Gasteiger partial charge in [0.2, 0.25) is 0 Å². The summed E-state index contributed by atoms with van der Waals surface area (Å²) in [5, 5.41) is 13.5. The monoisotopic (exact) mass is 492 g/mol. The Kier molecular flexibility index (Phi) is 7.70. The lowest BCUT2D eigenvalue weighted by Gasteiger charge is -2.34. The first-order valence-electron chi connectivity index (χ1n) is 12.4. The van der Waals surface area contributed by atoms with E-state index in [9.17, 15) is 18.0 Å². The molecule has 0 bridgehead atoms. The molecule has 0 unspecified atom stereocenters. The number of alkyl halides is 3. The number of nitrogens with zero attached hydrogens (tertiary/aromatic N) is 3. The van der Waals surface area contributed by atoms with Crippen LogP contribution in [0.2, 0.25) is 0 Å². The fraction of sp³-hybridized carbons (Fsp3) is 0.600. The third-order valence-electron chi connectivity index (χ3n) is 6.76. The maximum absolute atomic E-state index is 13.9. The van der Waals surface area contributed by atoms with Crippen LogP contribution < -0.4 is 16.0 Å². The molecule has 192 valence electrons. The number of carbonyl (C=O) groups excluding carboxylic acids is 1. The number of halogens is 3. The molecule has 35 heavy (non-hydrogen) atoms. The fourth-order valence-corrected chi connectivity index (χ4v) is 4.87. The van der Waals surface area contributed by atoms with Crippen LogP contribution in [0.4, 0.5) is 19.0 Å². The van der Waals surface area contributed by atoms with Gasteiger partial charge in [-0.15, -0.1) is 0 Å². The van der Waals surface area contributed by atoms with Crippen LogP contribution in [0.15, 0.2) is 36.5 Å². The lowest BCUT2D eigenvalue weighted by atomic mass is 9.96. The topological polar surface area (TPSA) is 74.2 Å². The summed E-state index contributed by atoms with van der Waals surface area (Å²) in [4.78, 5) is 15.6. The Morgan fingerprint density at radius 1 is 1.14 bits per heavy atom. The Hall–Kier alpha value is -2.59. The van der Waals surface area contributed by atoms with Gasteiger partial charge in [0, 0.05) is 31.6 Å². The van der Waals surface area contributed by atoms with Crippen molar-refractivity contribution in [1.82, 2.24) is 25.3 Å². The molecule has 0 aliphatic carbocycles. The standard InChI is InChI=1S/C25H35F3N6O/c1-24(2,17-29-11-14-33-12-7-4-8-13-33)32-23(35)19-16-30-34-21(25(26,27)28)15-20(31-22(19)34)18-9-5-3-6-10-18/h3,5-6,9-10,16,20-21,29,31H,4,7-8,11-15,17H2,1-2H3,(H,32,35)/t20-,21+/m1/s1. The van der Waals surface area contributed by atoms with E-state index < -0.39 is 29.7 Å². The van der Waals surface area contributed by atoms with Crippen molar-refractivity contribution in [3.8, 4) is 0 Å². The van der Waals surface area contributed by atoms with Gasteiger partial charge < -0.3 is 20.9 Å². The van der Waals surface area contributed by atoms with Gasteiger partial charge in [-0.25, -0.2) is 4.68 Å². The summed E-state index contributed by atoms with van der Waals surface area (Å²) in [7, 11) is 0. The summed E-state index contributed by atoms with van der Waals surface area (Å²) >= 11 is 0. The highest BCUT2D eigenvalue weighted by Gasteiger charge is 2.47. The Morgan fingerprint density at radius 2 is 1.86 bits per heavy atom. The van der Waals surface area contributed by atoms with Gasteiger partial charge in [-0.3, -0.25) is 4.79 Å². The number of rotatable bonds is 8. The molecule has 1 aromatic carbocycles. The first kappa shape index (κ1) is 25.5. The predicted octanol–water partition coefficient (Wildman–Crippen LogP) is 4.13. The van der Waals surface area contributed by atoms with Gasteiger partial charge in [0.05, 0.1) is 12.2 Å². The Balaban J connectivity index is 1.42. The largest absolute Gasteiger partial charge is 0.410 e. The number of aromatic nitrogens is 2. The molecule has 2 aromatic rings. The number of hydrogen-bond acceptors (Lipinski definition) is 5. The van der Waals surface area contributed by atoms with E-state index in [1.54, 1.807) is 24.3 Å². The number of amides is 1. The summed E-state index contributed by atoms with van der Waals surface area (Å²) < 4.78 is 42.6. The van der Waals surface area contributed by atoms with Crippen LogP contribution >= 0.6 is 0 Å². The number of likely N-dealkylation sites (tertiary alicyclic amines) is 1. The van der Waals surface area contributed by atoms with Gasteiger partial charge in [0.25, 0.3) is 5.91 Å². The third-order valence-corrected chi connectivity index (χ3v) is 6.76. The molecule has 4 rings (SSSR count).